The first-order chi connectivity index (χ1) is 9.31. The predicted molar refractivity (Wildman–Crippen MR) is 82.5 cm³/mol. The van der Waals surface area contributed by atoms with Crippen LogP contribution in [-0.4, -0.2) is 17.1 Å². The fourth-order valence-corrected chi connectivity index (χ4v) is 2.09. The molecular weight excluding hydrogens is 272 g/mol. The van der Waals surface area contributed by atoms with Crippen LogP contribution < -0.4 is 4.74 Å². The average Bonchev–Trinajstić information content (AvgIpc) is 2.36. The molecule has 1 heterocycles. The number of benzene rings is 1. The van der Waals surface area contributed by atoms with Gasteiger partial charge in [0.2, 0.25) is 0 Å². The van der Waals surface area contributed by atoms with Crippen molar-refractivity contribution < 1.29 is 4.74 Å². The first kappa shape index (κ1) is 14.8. The van der Waals surface area contributed by atoms with Crippen molar-refractivity contribution in [2.75, 3.05) is 7.11 Å². The van der Waals surface area contributed by atoms with E-state index >= 15 is 0 Å². The Kier molecular flexibility index (Phi) is 4.00. The molecule has 0 aliphatic carbocycles. The molecule has 0 radical (unpaired) electrons. The normalized spacial score (nSPS) is 11.5. The summed E-state index contributed by atoms with van der Waals surface area (Å²) in [6, 6.07) is 7.76. The number of methoxy groups -OCH3 is 1. The molecule has 3 nitrogen and oxygen atoms in total. The van der Waals surface area contributed by atoms with Crippen molar-refractivity contribution in [3.05, 3.63) is 40.7 Å². The Morgan fingerprint density at radius 2 is 1.80 bits per heavy atom. The van der Waals surface area contributed by atoms with E-state index in [-0.39, 0.29) is 5.41 Å². The molecule has 1 aromatic heterocycles. The maximum absolute atomic E-state index is 6.14. The van der Waals surface area contributed by atoms with Gasteiger partial charge in [0.15, 0.2) is 5.82 Å². The Hall–Kier alpha value is -1.61. The summed E-state index contributed by atoms with van der Waals surface area (Å²) < 4.78 is 5.42. The first-order valence-electron chi connectivity index (χ1n) is 6.51. The number of rotatable bonds is 2. The Labute approximate surface area is 125 Å². The van der Waals surface area contributed by atoms with Crippen LogP contribution >= 0.6 is 11.6 Å². The summed E-state index contributed by atoms with van der Waals surface area (Å²) in [6.45, 7) is 8.32. The number of ether oxygens (including phenoxy) is 1. The number of aryl methyl sites for hydroxylation is 1. The highest BCUT2D eigenvalue weighted by Crippen LogP contribution is 2.31. The molecule has 0 amide bonds. The lowest BCUT2D eigenvalue weighted by Crippen LogP contribution is -2.14. The van der Waals surface area contributed by atoms with Gasteiger partial charge in [-0.3, -0.25) is 0 Å². The molecular formula is C16H19ClN2O. The van der Waals surface area contributed by atoms with Gasteiger partial charge in [0.05, 0.1) is 18.4 Å². The second-order valence-corrected chi connectivity index (χ2v) is 6.24. The fraction of sp³-hybridized carbons (Fsp3) is 0.375. The third-order valence-electron chi connectivity index (χ3n) is 3.06. The number of hydrogen-bond donors (Lipinski definition) is 0. The summed E-state index contributed by atoms with van der Waals surface area (Å²) in [5, 5.41) is 0.447. The van der Waals surface area contributed by atoms with E-state index in [0.29, 0.717) is 11.0 Å². The van der Waals surface area contributed by atoms with Crippen LogP contribution in [0.5, 0.6) is 5.75 Å². The number of halogens is 1. The lowest BCUT2D eigenvalue weighted by molar-refractivity contribution is 0.415. The Morgan fingerprint density at radius 3 is 2.40 bits per heavy atom. The van der Waals surface area contributed by atoms with Gasteiger partial charge in [0.25, 0.3) is 0 Å². The summed E-state index contributed by atoms with van der Waals surface area (Å²) >= 11 is 6.14. The minimum Gasteiger partial charge on any atom is -0.496 e. The first-order valence-corrected chi connectivity index (χ1v) is 6.89. The third kappa shape index (κ3) is 3.10. The monoisotopic (exact) mass is 290 g/mol. The molecule has 0 fully saturated rings. The molecule has 106 valence electrons. The topological polar surface area (TPSA) is 35.0 Å². The summed E-state index contributed by atoms with van der Waals surface area (Å²) in [6.07, 6.45) is 0. The van der Waals surface area contributed by atoms with E-state index in [0.717, 1.165) is 22.6 Å². The molecule has 0 bridgehead atoms. The minimum absolute atomic E-state index is 0.0841. The third-order valence-corrected chi connectivity index (χ3v) is 3.25. The molecule has 0 aliphatic heterocycles. The molecule has 0 saturated carbocycles. The van der Waals surface area contributed by atoms with Crippen molar-refractivity contribution in [2.24, 2.45) is 0 Å². The van der Waals surface area contributed by atoms with Crippen LogP contribution in [-0.2, 0) is 5.41 Å². The van der Waals surface area contributed by atoms with Crippen LogP contribution in [0.4, 0.5) is 0 Å². The summed E-state index contributed by atoms with van der Waals surface area (Å²) in [4.78, 5) is 8.97. The van der Waals surface area contributed by atoms with Crippen LogP contribution in [0.3, 0.4) is 0 Å². The Bertz CT molecular complexity index is 633. The van der Waals surface area contributed by atoms with Crippen LogP contribution in [0.2, 0.25) is 5.15 Å². The van der Waals surface area contributed by atoms with Crippen molar-refractivity contribution in [3.63, 3.8) is 0 Å². The van der Waals surface area contributed by atoms with Gasteiger partial charge in [-0.2, -0.15) is 0 Å². The highest BCUT2D eigenvalue weighted by atomic mass is 35.5. The zero-order valence-corrected chi connectivity index (χ0v) is 13.2. The quantitative estimate of drug-likeness (QED) is 0.768. The summed E-state index contributed by atoms with van der Waals surface area (Å²) in [5.74, 6) is 1.35. The molecule has 20 heavy (non-hydrogen) atoms. The van der Waals surface area contributed by atoms with Gasteiger partial charge in [0.1, 0.15) is 10.9 Å². The fourth-order valence-electron chi connectivity index (χ4n) is 1.91. The molecule has 0 N–H and O–H groups in total. The van der Waals surface area contributed by atoms with E-state index in [9.17, 15) is 0 Å². The molecule has 2 aromatic rings. The van der Waals surface area contributed by atoms with Crippen LogP contribution in [0.15, 0.2) is 24.3 Å². The zero-order chi connectivity index (χ0) is 14.9. The van der Waals surface area contributed by atoms with Crippen molar-refractivity contribution in [1.82, 2.24) is 9.97 Å². The number of hydrogen-bond acceptors (Lipinski definition) is 3. The van der Waals surface area contributed by atoms with Crippen LogP contribution in [0, 0.1) is 6.92 Å². The Morgan fingerprint density at radius 1 is 1.10 bits per heavy atom. The van der Waals surface area contributed by atoms with Gasteiger partial charge in [-0.05, 0) is 30.7 Å². The van der Waals surface area contributed by atoms with Gasteiger partial charge >= 0.3 is 0 Å². The lowest BCUT2D eigenvalue weighted by Gasteiger charge is -2.19. The second-order valence-electron chi connectivity index (χ2n) is 5.85. The second kappa shape index (κ2) is 5.41. The van der Waals surface area contributed by atoms with Crippen LogP contribution in [0.1, 0.15) is 32.0 Å². The van der Waals surface area contributed by atoms with E-state index in [4.69, 9.17) is 16.3 Å². The van der Waals surface area contributed by atoms with E-state index in [1.807, 2.05) is 31.2 Å². The maximum atomic E-state index is 6.14. The molecule has 1 aromatic carbocycles. The standard InChI is InChI=1S/C16H19ClN2O/c1-10-6-7-11(12(8-10)20-5)15-18-13(16(2,3)4)9-14(17)19-15/h6-9H,1-5H3. The number of nitrogens with zero attached hydrogens (tertiary/aromatic N) is 2. The molecule has 0 atom stereocenters. The van der Waals surface area contributed by atoms with Gasteiger partial charge < -0.3 is 4.74 Å². The average molecular weight is 291 g/mol. The minimum atomic E-state index is -0.0841. The maximum Gasteiger partial charge on any atom is 0.164 e. The largest absolute Gasteiger partial charge is 0.496 e. The van der Waals surface area contributed by atoms with Crippen molar-refractivity contribution >= 4 is 11.6 Å². The van der Waals surface area contributed by atoms with Gasteiger partial charge in [-0.1, -0.05) is 38.4 Å². The van der Waals surface area contributed by atoms with Crippen molar-refractivity contribution in [2.45, 2.75) is 33.1 Å². The SMILES string of the molecule is COc1cc(C)ccc1-c1nc(Cl)cc(C(C)(C)C)n1. The van der Waals surface area contributed by atoms with Crippen LogP contribution in [0.25, 0.3) is 11.4 Å². The van der Waals surface area contributed by atoms with Gasteiger partial charge in [0, 0.05) is 5.41 Å². The van der Waals surface area contributed by atoms with Crippen molar-refractivity contribution in [1.29, 1.82) is 0 Å². The predicted octanol–water partition coefficient (Wildman–Crippen LogP) is 4.41. The molecule has 4 heteroatoms. The summed E-state index contributed by atoms with van der Waals surface area (Å²) in [5.41, 5.74) is 2.81. The van der Waals surface area contributed by atoms with E-state index in [1.165, 1.54) is 0 Å². The van der Waals surface area contributed by atoms with Crippen molar-refractivity contribution in [3.8, 4) is 17.1 Å². The molecule has 0 spiro atoms. The highest BCUT2D eigenvalue weighted by molar-refractivity contribution is 6.29. The van der Waals surface area contributed by atoms with E-state index < -0.39 is 0 Å². The Balaban J connectivity index is 2.61. The van der Waals surface area contributed by atoms with E-state index in [2.05, 4.69) is 30.7 Å². The number of aromatic nitrogens is 2. The molecule has 2 rings (SSSR count). The van der Waals surface area contributed by atoms with Gasteiger partial charge in [-0.15, -0.1) is 0 Å². The zero-order valence-electron chi connectivity index (χ0n) is 12.5. The van der Waals surface area contributed by atoms with Gasteiger partial charge in [-0.25, -0.2) is 9.97 Å². The van der Waals surface area contributed by atoms with E-state index in [1.54, 1.807) is 7.11 Å². The molecule has 0 saturated heterocycles. The summed E-state index contributed by atoms with van der Waals surface area (Å²) in [7, 11) is 1.65. The highest BCUT2D eigenvalue weighted by Gasteiger charge is 2.19. The molecule has 0 aliphatic rings. The molecule has 0 unspecified atom stereocenters. The lowest BCUT2D eigenvalue weighted by atomic mass is 9.92. The smallest absolute Gasteiger partial charge is 0.164 e.